The Morgan fingerprint density at radius 3 is 2.62 bits per heavy atom. The maximum Gasteiger partial charge on any atom is 0.238 e. The van der Waals surface area contributed by atoms with Gasteiger partial charge in [0.15, 0.2) is 11.6 Å². The second kappa shape index (κ2) is 7.86. The lowest BCUT2D eigenvalue weighted by Gasteiger charge is -2.27. The number of carbonyl (C=O) groups is 1. The Labute approximate surface area is 138 Å². The third-order valence-electron chi connectivity index (χ3n) is 3.58. The molecular weight excluding hydrogens is 321 g/mol. The minimum absolute atomic E-state index is 0.152. The van der Waals surface area contributed by atoms with Gasteiger partial charge in [-0.1, -0.05) is 20.4 Å². The first-order valence-corrected chi connectivity index (χ1v) is 7.22. The summed E-state index contributed by atoms with van der Waals surface area (Å²) in [5.41, 5.74) is -1.35. The fourth-order valence-corrected chi connectivity index (χ4v) is 1.87. The number of halogens is 3. The molecular formula is C17H19F3N2O2. The Hall–Kier alpha value is -2.49. The van der Waals surface area contributed by atoms with Crippen LogP contribution in [-0.2, 0) is 4.79 Å². The lowest BCUT2D eigenvalue weighted by Crippen LogP contribution is -2.44. The summed E-state index contributed by atoms with van der Waals surface area (Å²) in [5.74, 6) is -4.45. The summed E-state index contributed by atoms with van der Waals surface area (Å²) in [6.45, 7) is 7.35. The van der Waals surface area contributed by atoms with Crippen molar-refractivity contribution in [1.29, 1.82) is 5.26 Å². The predicted molar refractivity (Wildman–Crippen MR) is 82.6 cm³/mol. The summed E-state index contributed by atoms with van der Waals surface area (Å²) in [6.07, 6.45) is 0. The Bertz CT molecular complexity index is 668. The molecule has 1 amide bonds. The van der Waals surface area contributed by atoms with Gasteiger partial charge in [0.05, 0.1) is 12.1 Å². The quantitative estimate of drug-likeness (QED) is 0.826. The predicted octanol–water partition coefficient (Wildman–Crippen LogP) is 3.50. The van der Waals surface area contributed by atoms with Gasteiger partial charge in [-0.3, -0.25) is 4.79 Å². The molecule has 2 atom stereocenters. The average molecular weight is 340 g/mol. The fourth-order valence-electron chi connectivity index (χ4n) is 1.87. The van der Waals surface area contributed by atoms with Crippen LogP contribution in [-0.4, -0.2) is 18.6 Å². The standard InChI is InChI=1S/C17H19F3N2O2/c1-10(9-24-15-7-12(19)5-6-14(15)20)22-16(23)13(8-21)17(3,4)11(2)18/h5-7,10,13H,2,9H2,1,3-4H3,(H,22,23)/t10-,13+/m0/s1. The highest BCUT2D eigenvalue weighted by atomic mass is 19.1. The molecule has 1 rings (SSSR count). The van der Waals surface area contributed by atoms with Crippen molar-refractivity contribution >= 4 is 5.91 Å². The van der Waals surface area contributed by atoms with Crippen LogP contribution in [0.2, 0.25) is 0 Å². The number of hydrogen-bond donors (Lipinski definition) is 1. The van der Waals surface area contributed by atoms with Gasteiger partial charge < -0.3 is 10.1 Å². The van der Waals surface area contributed by atoms with Crippen LogP contribution >= 0.6 is 0 Å². The number of nitrogens with zero attached hydrogens (tertiary/aromatic N) is 1. The Kier molecular flexibility index (Phi) is 6.41. The highest BCUT2D eigenvalue weighted by Gasteiger charge is 2.38. The molecule has 0 aliphatic rings. The molecule has 0 bridgehead atoms. The van der Waals surface area contributed by atoms with Gasteiger partial charge in [0.1, 0.15) is 24.2 Å². The zero-order valence-corrected chi connectivity index (χ0v) is 13.7. The molecule has 0 aromatic heterocycles. The van der Waals surface area contributed by atoms with Crippen molar-refractivity contribution in [2.45, 2.75) is 26.8 Å². The lowest BCUT2D eigenvalue weighted by molar-refractivity contribution is -0.126. The van der Waals surface area contributed by atoms with E-state index in [4.69, 9.17) is 10.00 Å². The topological polar surface area (TPSA) is 62.1 Å². The van der Waals surface area contributed by atoms with Gasteiger partial charge >= 0.3 is 0 Å². The van der Waals surface area contributed by atoms with Crippen molar-refractivity contribution in [3.63, 3.8) is 0 Å². The summed E-state index contributed by atoms with van der Waals surface area (Å²) in [5, 5.41) is 11.6. The zero-order valence-electron chi connectivity index (χ0n) is 13.7. The number of amides is 1. The van der Waals surface area contributed by atoms with Crippen LogP contribution in [0.5, 0.6) is 5.75 Å². The van der Waals surface area contributed by atoms with E-state index < -0.39 is 40.7 Å². The first kappa shape index (κ1) is 19.6. The van der Waals surface area contributed by atoms with E-state index >= 15 is 0 Å². The van der Waals surface area contributed by atoms with Crippen molar-refractivity contribution in [3.05, 3.63) is 42.2 Å². The number of nitriles is 1. The molecule has 1 N–H and O–H groups in total. The molecule has 0 unspecified atom stereocenters. The van der Waals surface area contributed by atoms with Gasteiger partial charge in [-0.2, -0.15) is 5.26 Å². The van der Waals surface area contributed by atoms with E-state index in [1.54, 1.807) is 13.0 Å². The van der Waals surface area contributed by atoms with Gasteiger partial charge in [-0.05, 0) is 19.1 Å². The molecule has 0 saturated heterocycles. The number of nitrogens with one attached hydrogen (secondary N) is 1. The highest BCUT2D eigenvalue weighted by Crippen LogP contribution is 2.34. The van der Waals surface area contributed by atoms with Crippen molar-refractivity contribution in [2.24, 2.45) is 11.3 Å². The van der Waals surface area contributed by atoms with E-state index in [0.717, 1.165) is 18.2 Å². The van der Waals surface area contributed by atoms with E-state index in [0.29, 0.717) is 0 Å². The molecule has 0 spiro atoms. The third kappa shape index (κ3) is 4.75. The number of benzene rings is 1. The molecule has 1 aromatic rings. The van der Waals surface area contributed by atoms with Gasteiger partial charge in [0.2, 0.25) is 5.91 Å². The van der Waals surface area contributed by atoms with Crippen molar-refractivity contribution in [1.82, 2.24) is 5.32 Å². The first-order valence-electron chi connectivity index (χ1n) is 7.22. The van der Waals surface area contributed by atoms with Gasteiger partial charge in [-0.15, -0.1) is 0 Å². The van der Waals surface area contributed by atoms with E-state index in [1.165, 1.54) is 13.8 Å². The van der Waals surface area contributed by atoms with E-state index in [-0.39, 0.29) is 12.4 Å². The van der Waals surface area contributed by atoms with Gasteiger partial charge in [-0.25, -0.2) is 13.2 Å². The maximum absolute atomic E-state index is 13.4. The van der Waals surface area contributed by atoms with Crippen LogP contribution in [0, 0.1) is 34.3 Å². The lowest BCUT2D eigenvalue weighted by atomic mass is 9.78. The minimum Gasteiger partial charge on any atom is -0.488 e. The van der Waals surface area contributed by atoms with Gasteiger partial charge in [0.25, 0.3) is 0 Å². The number of ether oxygens (including phenoxy) is 1. The van der Waals surface area contributed by atoms with Gasteiger partial charge in [0, 0.05) is 11.5 Å². The summed E-state index contributed by atoms with van der Waals surface area (Å²) in [4.78, 5) is 12.1. The number of carbonyl (C=O) groups excluding carboxylic acids is 1. The first-order chi connectivity index (χ1) is 11.1. The fraction of sp³-hybridized carbons (Fsp3) is 0.412. The normalized spacial score (nSPS) is 13.5. The maximum atomic E-state index is 13.4. The average Bonchev–Trinajstić information content (AvgIpc) is 2.48. The third-order valence-corrected chi connectivity index (χ3v) is 3.58. The molecule has 7 heteroatoms. The van der Waals surface area contributed by atoms with Crippen LogP contribution in [0.4, 0.5) is 13.2 Å². The molecule has 0 radical (unpaired) electrons. The molecule has 130 valence electrons. The molecule has 0 aliphatic heterocycles. The van der Waals surface area contributed by atoms with Crippen molar-refractivity contribution < 1.29 is 22.7 Å². The van der Waals surface area contributed by atoms with Crippen molar-refractivity contribution in [2.75, 3.05) is 6.61 Å². The molecule has 1 aromatic carbocycles. The van der Waals surface area contributed by atoms with E-state index in [9.17, 15) is 18.0 Å². The van der Waals surface area contributed by atoms with E-state index in [1.807, 2.05) is 0 Å². The molecule has 24 heavy (non-hydrogen) atoms. The monoisotopic (exact) mass is 340 g/mol. The smallest absolute Gasteiger partial charge is 0.238 e. The zero-order chi connectivity index (χ0) is 18.5. The van der Waals surface area contributed by atoms with E-state index in [2.05, 4.69) is 11.9 Å². The number of hydrogen-bond acceptors (Lipinski definition) is 3. The second-order valence-electron chi connectivity index (χ2n) is 5.98. The summed E-state index contributed by atoms with van der Waals surface area (Å²) in [7, 11) is 0. The molecule has 0 saturated carbocycles. The second-order valence-corrected chi connectivity index (χ2v) is 5.98. The van der Waals surface area contributed by atoms with Crippen molar-refractivity contribution in [3.8, 4) is 11.8 Å². The summed E-state index contributed by atoms with van der Waals surface area (Å²) >= 11 is 0. The summed E-state index contributed by atoms with van der Waals surface area (Å²) in [6, 6.07) is 3.91. The Balaban J connectivity index is 2.68. The number of rotatable bonds is 7. The number of allylic oxidation sites excluding steroid dienone is 1. The van der Waals surface area contributed by atoms with Crippen LogP contribution < -0.4 is 10.1 Å². The molecule has 4 nitrogen and oxygen atoms in total. The van der Waals surface area contributed by atoms with Crippen LogP contribution in [0.1, 0.15) is 20.8 Å². The molecule has 0 heterocycles. The SMILES string of the molecule is C=C(F)C(C)(C)[C@H](C#N)C(=O)N[C@@H](C)COc1cc(F)ccc1F. The Morgan fingerprint density at radius 1 is 1.46 bits per heavy atom. The van der Waals surface area contributed by atoms with Crippen LogP contribution in [0.25, 0.3) is 0 Å². The molecule has 0 aliphatic carbocycles. The molecule has 0 fully saturated rings. The van der Waals surface area contributed by atoms with Crippen LogP contribution in [0.15, 0.2) is 30.6 Å². The Morgan fingerprint density at radius 2 is 2.08 bits per heavy atom. The minimum atomic E-state index is -1.35. The van der Waals surface area contributed by atoms with Crippen LogP contribution in [0.3, 0.4) is 0 Å². The highest BCUT2D eigenvalue weighted by molar-refractivity contribution is 5.82. The summed E-state index contributed by atoms with van der Waals surface area (Å²) < 4.78 is 45.0. The largest absolute Gasteiger partial charge is 0.488 e.